The van der Waals surface area contributed by atoms with Gasteiger partial charge in [0, 0.05) is 25.3 Å². The quantitative estimate of drug-likeness (QED) is 0.171. The van der Waals surface area contributed by atoms with Gasteiger partial charge < -0.3 is 20.0 Å². The van der Waals surface area contributed by atoms with Crippen molar-refractivity contribution in [2.75, 3.05) is 19.8 Å². The van der Waals surface area contributed by atoms with E-state index in [0.29, 0.717) is 31.1 Å². The summed E-state index contributed by atoms with van der Waals surface area (Å²) < 4.78 is 5.24. The SMILES string of the molecule is CC12CCC(=O)C=C1CCC1C2C(O)CC2(C)C(C(=O)COC(=O)CCNC(=O)CCCO[N+](=O)[O-])CCC12. The average molecular weight is 549 g/mol. The normalized spacial score (nSPS) is 35.1. The number of amides is 1. The van der Waals surface area contributed by atoms with Crippen molar-refractivity contribution in [3.05, 3.63) is 21.8 Å². The largest absolute Gasteiger partial charge is 0.458 e. The molecule has 0 bridgehead atoms. The van der Waals surface area contributed by atoms with Crippen LogP contribution in [-0.2, 0) is 28.8 Å². The Hall–Kier alpha value is -2.82. The molecule has 3 saturated carbocycles. The maximum Gasteiger partial charge on any atom is 0.308 e. The minimum atomic E-state index is -0.918. The van der Waals surface area contributed by atoms with E-state index in [1.165, 1.54) is 5.57 Å². The number of aliphatic hydroxyl groups is 1. The van der Waals surface area contributed by atoms with E-state index in [-0.39, 0.29) is 79.2 Å². The van der Waals surface area contributed by atoms with Gasteiger partial charge in [0.2, 0.25) is 5.91 Å². The summed E-state index contributed by atoms with van der Waals surface area (Å²) in [6.07, 6.45) is 6.60. The number of allylic oxidation sites excluding steroid dienone is 1. The standard InChI is InChI=1S/C28H40N2O9/c1-27-11-9-18(31)14-17(27)5-6-19-20-7-8-21(28(20,2)15-22(32)26(19)27)23(33)16-38-25(35)10-12-29-24(34)4-3-13-39-30(36)37/h14,19-22,26,32H,3-13,15-16H2,1-2H3,(H,29,34). The lowest BCUT2D eigenvalue weighted by Crippen LogP contribution is -2.57. The topological polar surface area (TPSA) is 162 Å². The summed E-state index contributed by atoms with van der Waals surface area (Å²) in [7, 11) is 0. The Balaban J connectivity index is 1.27. The number of ketones is 2. The number of ether oxygens (including phenoxy) is 1. The van der Waals surface area contributed by atoms with Crippen molar-refractivity contribution in [2.45, 2.75) is 84.2 Å². The van der Waals surface area contributed by atoms with E-state index in [4.69, 9.17) is 4.74 Å². The average Bonchev–Trinajstić information content (AvgIpc) is 3.21. The Morgan fingerprint density at radius 2 is 1.95 bits per heavy atom. The molecule has 2 N–H and O–H groups in total. The fourth-order valence-electron chi connectivity index (χ4n) is 8.30. The van der Waals surface area contributed by atoms with Gasteiger partial charge >= 0.3 is 5.97 Å². The number of hydrogen-bond acceptors (Lipinski definition) is 9. The summed E-state index contributed by atoms with van der Waals surface area (Å²) in [4.78, 5) is 63.5. The Kier molecular flexibility index (Phi) is 8.78. The first-order valence-corrected chi connectivity index (χ1v) is 14.1. The first kappa shape index (κ1) is 29.2. The maximum atomic E-state index is 13.2. The van der Waals surface area contributed by atoms with Crippen LogP contribution in [0.3, 0.4) is 0 Å². The lowest BCUT2D eigenvalue weighted by molar-refractivity contribution is -0.757. The summed E-state index contributed by atoms with van der Waals surface area (Å²) >= 11 is 0. The molecule has 11 nitrogen and oxygen atoms in total. The van der Waals surface area contributed by atoms with Crippen LogP contribution in [-0.4, -0.2) is 59.5 Å². The van der Waals surface area contributed by atoms with E-state index >= 15 is 0 Å². The van der Waals surface area contributed by atoms with Crippen LogP contribution in [0.1, 0.15) is 78.1 Å². The minimum Gasteiger partial charge on any atom is -0.458 e. The van der Waals surface area contributed by atoms with E-state index < -0.39 is 17.2 Å². The zero-order valence-electron chi connectivity index (χ0n) is 22.8. The molecule has 216 valence electrons. The number of aliphatic hydroxyl groups excluding tert-OH is 1. The number of hydrogen-bond donors (Lipinski definition) is 2. The molecule has 0 aromatic rings. The Morgan fingerprint density at radius 1 is 1.18 bits per heavy atom. The van der Waals surface area contributed by atoms with Gasteiger partial charge in [-0.15, -0.1) is 10.1 Å². The maximum absolute atomic E-state index is 13.2. The summed E-state index contributed by atoms with van der Waals surface area (Å²) in [5.74, 6) is -0.490. The number of rotatable bonds is 11. The van der Waals surface area contributed by atoms with E-state index in [1.807, 2.05) is 6.08 Å². The number of carbonyl (C=O) groups is 4. The third-order valence-electron chi connectivity index (χ3n) is 10.1. The first-order chi connectivity index (χ1) is 18.5. The van der Waals surface area contributed by atoms with Crippen LogP contribution in [0, 0.1) is 44.6 Å². The van der Waals surface area contributed by atoms with Crippen molar-refractivity contribution in [3.63, 3.8) is 0 Å². The molecule has 0 aromatic heterocycles. The van der Waals surface area contributed by atoms with Crippen molar-refractivity contribution >= 4 is 23.4 Å². The second-order valence-electron chi connectivity index (χ2n) is 12.2. The van der Waals surface area contributed by atoms with Crippen LogP contribution in [0.25, 0.3) is 0 Å². The van der Waals surface area contributed by atoms with E-state index in [1.54, 1.807) is 0 Å². The molecule has 7 atom stereocenters. The zero-order valence-corrected chi connectivity index (χ0v) is 22.8. The van der Waals surface area contributed by atoms with Crippen LogP contribution in [0.5, 0.6) is 0 Å². The summed E-state index contributed by atoms with van der Waals surface area (Å²) in [5.41, 5.74) is 0.646. The molecule has 4 aliphatic carbocycles. The second-order valence-corrected chi connectivity index (χ2v) is 12.2. The molecule has 4 rings (SSSR count). The van der Waals surface area contributed by atoms with E-state index in [9.17, 15) is 34.4 Å². The number of esters is 1. The van der Waals surface area contributed by atoms with Crippen LogP contribution >= 0.6 is 0 Å². The van der Waals surface area contributed by atoms with Gasteiger partial charge in [0.15, 0.2) is 11.6 Å². The molecule has 11 heteroatoms. The van der Waals surface area contributed by atoms with E-state index in [0.717, 1.165) is 25.7 Å². The fourth-order valence-corrected chi connectivity index (χ4v) is 8.30. The molecule has 0 aromatic carbocycles. The predicted octanol–water partition coefficient (Wildman–Crippen LogP) is 2.71. The van der Waals surface area contributed by atoms with Gasteiger partial charge in [0.05, 0.1) is 19.1 Å². The van der Waals surface area contributed by atoms with Crippen LogP contribution in [0.15, 0.2) is 11.6 Å². The van der Waals surface area contributed by atoms with Gasteiger partial charge in [-0.1, -0.05) is 19.4 Å². The van der Waals surface area contributed by atoms with Gasteiger partial charge in [-0.25, -0.2) is 0 Å². The monoisotopic (exact) mass is 548 g/mol. The lowest BCUT2D eigenvalue weighted by Gasteiger charge is -2.59. The highest BCUT2D eigenvalue weighted by Gasteiger charge is 2.62. The molecule has 0 saturated heterocycles. The second kappa shape index (κ2) is 11.7. The molecule has 0 aliphatic heterocycles. The number of nitrogens with one attached hydrogen (secondary N) is 1. The summed E-state index contributed by atoms with van der Waals surface area (Å²) in [5, 5.41) is 23.2. The predicted molar refractivity (Wildman–Crippen MR) is 137 cm³/mol. The highest BCUT2D eigenvalue weighted by atomic mass is 16.9. The smallest absolute Gasteiger partial charge is 0.308 e. The van der Waals surface area contributed by atoms with Crippen LogP contribution < -0.4 is 5.32 Å². The third kappa shape index (κ3) is 6.02. The lowest BCUT2D eigenvalue weighted by atomic mass is 9.46. The molecule has 0 spiro atoms. The van der Waals surface area contributed by atoms with Crippen molar-refractivity contribution < 1.29 is 38.9 Å². The number of Topliss-reactive ketones (excluding diaryl/α,β-unsaturated/α-hetero) is 1. The van der Waals surface area contributed by atoms with Crippen molar-refractivity contribution in [2.24, 2.45) is 34.5 Å². The molecule has 0 heterocycles. The van der Waals surface area contributed by atoms with Crippen LogP contribution in [0.4, 0.5) is 0 Å². The molecule has 39 heavy (non-hydrogen) atoms. The van der Waals surface area contributed by atoms with Gasteiger partial charge in [-0.2, -0.15) is 0 Å². The molecular weight excluding hydrogens is 508 g/mol. The molecule has 1 amide bonds. The van der Waals surface area contributed by atoms with Gasteiger partial charge in [0.1, 0.15) is 6.61 Å². The molecule has 7 unspecified atom stereocenters. The Bertz CT molecular complexity index is 1040. The van der Waals surface area contributed by atoms with Crippen molar-refractivity contribution in [3.8, 4) is 0 Å². The highest BCUT2D eigenvalue weighted by molar-refractivity contribution is 5.91. The van der Waals surface area contributed by atoms with Crippen molar-refractivity contribution in [1.29, 1.82) is 0 Å². The Labute approximate surface area is 228 Å². The summed E-state index contributed by atoms with van der Waals surface area (Å²) in [6, 6.07) is 0. The van der Waals surface area contributed by atoms with Gasteiger partial charge in [-0.05, 0) is 79.6 Å². The Morgan fingerprint density at radius 3 is 2.69 bits per heavy atom. The highest BCUT2D eigenvalue weighted by Crippen LogP contribution is 2.66. The van der Waals surface area contributed by atoms with Gasteiger partial charge in [-0.3, -0.25) is 19.2 Å². The van der Waals surface area contributed by atoms with E-state index in [2.05, 4.69) is 24.0 Å². The van der Waals surface area contributed by atoms with Crippen molar-refractivity contribution in [1.82, 2.24) is 5.32 Å². The molecule has 4 aliphatic rings. The minimum absolute atomic E-state index is 0.0331. The number of fused-ring (bicyclic) bond motifs is 5. The zero-order chi connectivity index (χ0) is 28.4. The molecule has 3 fully saturated rings. The number of nitrogens with zero attached hydrogens (tertiary/aromatic N) is 1. The number of carbonyl (C=O) groups excluding carboxylic acids is 4. The van der Waals surface area contributed by atoms with Crippen LogP contribution in [0.2, 0.25) is 0 Å². The third-order valence-corrected chi connectivity index (χ3v) is 10.1. The molecule has 0 radical (unpaired) electrons. The molecular formula is C28H40N2O9. The van der Waals surface area contributed by atoms with Gasteiger partial charge in [0.25, 0.3) is 5.09 Å². The summed E-state index contributed by atoms with van der Waals surface area (Å²) in [6.45, 7) is 3.86. The fraction of sp³-hybridized carbons (Fsp3) is 0.786. The first-order valence-electron chi connectivity index (χ1n) is 14.1.